The Labute approximate surface area is 178 Å². The molecule has 0 bridgehead atoms. The third-order valence-corrected chi connectivity index (χ3v) is 6.85. The molecule has 0 aromatic heterocycles. The summed E-state index contributed by atoms with van der Waals surface area (Å²) in [4.78, 5) is 12.4. The molecule has 160 valence electrons. The molecule has 1 amide bonds. The van der Waals surface area contributed by atoms with Gasteiger partial charge in [-0.25, -0.2) is 8.42 Å². The maximum atomic E-state index is 12.6. The van der Waals surface area contributed by atoms with Crippen molar-refractivity contribution in [3.8, 4) is 0 Å². The number of anilines is 1. The molecule has 30 heavy (non-hydrogen) atoms. The minimum Gasteiger partial charge on any atom is -0.379 e. The summed E-state index contributed by atoms with van der Waals surface area (Å²) in [5, 5.41) is 2.75. The molecule has 1 aliphatic heterocycles. The van der Waals surface area contributed by atoms with Gasteiger partial charge >= 0.3 is 0 Å². The van der Waals surface area contributed by atoms with Gasteiger partial charge in [0.05, 0.1) is 18.1 Å². The molecule has 1 aliphatic rings. The van der Waals surface area contributed by atoms with E-state index in [2.05, 4.69) is 38.2 Å². The average Bonchev–Trinajstić information content (AvgIpc) is 2.73. The largest absolute Gasteiger partial charge is 0.379 e. The normalized spacial score (nSPS) is 16.0. The second-order valence-electron chi connectivity index (χ2n) is 8.24. The van der Waals surface area contributed by atoms with Crippen LogP contribution in [-0.2, 0) is 25.0 Å². The summed E-state index contributed by atoms with van der Waals surface area (Å²) >= 11 is 0. The van der Waals surface area contributed by atoms with Crippen molar-refractivity contribution >= 4 is 27.7 Å². The Morgan fingerprint density at radius 2 is 1.60 bits per heavy atom. The molecule has 6 nitrogen and oxygen atoms in total. The summed E-state index contributed by atoms with van der Waals surface area (Å²) in [5.74, 6) is -0.279. The number of morpholine rings is 1. The fraction of sp³-hybridized carbons (Fsp3) is 0.348. The van der Waals surface area contributed by atoms with Gasteiger partial charge in [-0.05, 0) is 46.9 Å². The standard InChI is InChI=1S/C23H28N2O4S/c1-23(2,3)19-7-4-18(5-8-19)6-13-22(26)24-20-9-11-21(12-10-20)30(27,28)25-14-16-29-17-15-25/h4-13H,14-17H2,1-3H3,(H,24,26). The van der Waals surface area contributed by atoms with Crippen molar-refractivity contribution in [1.82, 2.24) is 4.31 Å². The molecule has 7 heteroatoms. The highest BCUT2D eigenvalue weighted by Gasteiger charge is 2.26. The molecular weight excluding hydrogens is 400 g/mol. The number of nitrogens with zero attached hydrogens (tertiary/aromatic N) is 1. The summed E-state index contributed by atoms with van der Waals surface area (Å²) in [5.41, 5.74) is 2.79. The van der Waals surface area contributed by atoms with Gasteiger partial charge in [-0.15, -0.1) is 0 Å². The summed E-state index contributed by atoms with van der Waals surface area (Å²) < 4.78 is 31.9. The van der Waals surface area contributed by atoms with Crippen LogP contribution in [0, 0.1) is 0 Å². The van der Waals surface area contributed by atoms with Crippen LogP contribution in [0.25, 0.3) is 6.08 Å². The molecule has 0 radical (unpaired) electrons. The van der Waals surface area contributed by atoms with E-state index >= 15 is 0 Å². The fourth-order valence-corrected chi connectivity index (χ4v) is 4.50. The molecule has 2 aromatic rings. The predicted molar refractivity (Wildman–Crippen MR) is 119 cm³/mol. The number of carbonyl (C=O) groups is 1. The number of benzene rings is 2. The summed E-state index contributed by atoms with van der Waals surface area (Å²) in [7, 11) is -3.54. The fourth-order valence-electron chi connectivity index (χ4n) is 3.10. The number of ether oxygens (including phenoxy) is 1. The smallest absolute Gasteiger partial charge is 0.248 e. The lowest BCUT2D eigenvalue weighted by atomic mass is 9.87. The molecule has 1 saturated heterocycles. The van der Waals surface area contributed by atoms with Crippen molar-refractivity contribution in [1.29, 1.82) is 0 Å². The minimum atomic E-state index is -3.54. The number of hydrogen-bond donors (Lipinski definition) is 1. The van der Waals surface area contributed by atoms with E-state index in [1.165, 1.54) is 28.1 Å². The Balaban J connectivity index is 1.61. The summed E-state index contributed by atoms with van der Waals surface area (Å²) in [6.07, 6.45) is 3.21. The highest BCUT2D eigenvalue weighted by Crippen LogP contribution is 2.23. The van der Waals surface area contributed by atoms with Gasteiger partial charge in [-0.1, -0.05) is 45.0 Å². The first-order valence-corrected chi connectivity index (χ1v) is 11.4. The van der Waals surface area contributed by atoms with E-state index < -0.39 is 10.0 Å². The van der Waals surface area contributed by atoms with E-state index in [1.807, 2.05) is 12.1 Å². The van der Waals surface area contributed by atoms with Crippen LogP contribution in [0.4, 0.5) is 5.69 Å². The van der Waals surface area contributed by atoms with Crippen molar-refractivity contribution in [2.24, 2.45) is 0 Å². The van der Waals surface area contributed by atoms with Crippen LogP contribution in [-0.4, -0.2) is 44.9 Å². The molecular formula is C23H28N2O4S. The van der Waals surface area contributed by atoms with Gasteiger partial charge in [0, 0.05) is 24.9 Å². The lowest BCUT2D eigenvalue weighted by molar-refractivity contribution is -0.111. The molecule has 0 saturated carbocycles. The predicted octanol–water partition coefficient (Wildman–Crippen LogP) is 3.66. The van der Waals surface area contributed by atoms with Crippen LogP contribution in [0.15, 0.2) is 59.5 Å². The number of hydrogen-bond acceptors (Lipinski definition) is 4. The Morgan fingerprint density at radius 3 is 2.17 bits per heavy atom. The second-order valence-corrected chi connectivity index (χ2v) is 10.2. The highest BCUT2D eigenvalue weighted by molar-refractivity contribution is 7.89. The lowest BCUT2D eigenvalue weighted by Gasteiger charge is -2.26. The van der Waals surface area contributed by atoms with E-state index in [0.717, 1.165) is 5.56 Å². The number of nitrogens with one attached hydrogen (secondary N) is 1. The van der Waals surface area contributed by atoms with Gasteiger partial charge in [0.15, 0.2) is 0 Å². The number of sulfonamides is 1. The van der Waals surface area contributed by atoms with Gasteiger partial charge in [0.1, 0.15) is 0 Å². The number of carbonyl (C=O) groups excluding carboxylic acids is 1. The quantitative estimate of drug-likeness (QED) is 0.738. The topological polar surface area (TPSA) is 75.7 Å². The van der Waals surface area contributed by atoms with Crippen LogP contribution in [0.2, 0.25) is 0 Å². The van der Waals surface area contributed by atoms with Gasteiger partial charge < -0.3 is 10.1 Å². The van der Waals surface area contributed by atoms with Crippen LogP contribution in [0.1, 0.15) is 31.9 Å². The van der Waals surface area contributed by atoms with Crippen molar-refractivity contribution in [2.45, 2.75) is 31.1 Å². The van der Waals surface area contributed by atoms with E-state index in [-0.39, 0.29) is 16.2 Å². The minimum absolute atomic E-state index is 0.0844. The molecule has 0 aliphatic carbocycles. The van der Waals surface area contributed by atoms with Gasteiger partial charge in [-0.3, -0.25) is 4.79 Å². The zero-order chi connectivity index (χ0) is 21.8. The second kappa shape index (κ2) is 9.12. The van der Waals surface area contributed by atoms with E-state index in [4.69, 9.17) is 4.74 Å². The molecule has 0 spiro atoms. The summed E-state index contributed by atoms with van der Waals surface area (Å²) in [6, 6.07) is 14.3. The Bertz CT molecular complexity index is 999. The van der Waals surface area contributed by atoms with Crippen LogP contribution in [0.3, 0.4) is 0 Å². The monoisotopic (exact) mass is 428 g/mol. The van der Waals surface area contributed by atoms with E-state index in [9.17, 15) is 13.2 Å². The highest BCUT2D eigenvalue weighted by atomic mass is 32.2. The molecule has 1 N–H and O–H groups in total. The van der Waals surface area contributed by atoms with Gasteiger partial charge in [0.25, 0.3) is 0 Å². The molecule has 0 unspecified atom stereocenters. The Kier molecular flexibility index (Phi) is 6.75. The van der Waals surface area contributed by atoms with Gasteiger partial charge in [-0.2, -0.15) is 4.31 Å². The zero-order valence-corrected chi connectivity index (χ0v) is 18.4. The van der Waals surface area contributed by atoms with Crippen LogP contribution >= 0.6 is 0 Å². The Hall–Kier alpha value is -2.48. The molecule has 3 rings (SSSR count). The first kappa shape index (κ1) is 22.2. The third kappa shape index (κ3) is 5.56. The number of rotatable bonds is 5. The van der Waals surface area contributed by atoms with Crippen molar-refractivity contribution in [3.05, 3.63) is 65.7 Å². The van der Waals surface area contributed by atoms with Crippen molar-refractivity contribution < 1.29 is 17.9 Å². The van der Waals surface area contributed by atoms with Crippen molar-refractivity contribution in [2.75, 3.05) is 31.6 Å². The van der Waals surface area contributed by atoms with Gasteiger partial charge in [0.2, 0.25) is 15.9 Å². The maximum absolute atomic E-state index is 12.6. The first-order chi connectivity index (χ1) is 14.2. The summed E-state index contributed by atoms with van der Waals surface area (Å²) in [6.45, 7) is 7.97. The maximum Gasteiger partial charge on any atom is 0.248 e. The first-order valence-electron chi connectivity index (χ1n) is 9.94. The molecule has 1 heterocycles. The molecule has 2 aromatic carbocycles. The average molecular weight is 429 g/mol. The van der Waals surface area contributed by atoms with Crippen LogP contribution in [0.5, 0.6) is 0 Å². The number of amides is 1. The van der Waals surface area contributed by atoms with E-state index in [0.29, 0.717) is 32.0 Å². The lowest BCUT2D eigenvalue weighted by Crippen LogP contribution is -2.40. The Morgan fingerprint density at radius 1 is 1.00 bits per heavy atom. The zero-order valence-electron chi connectivity index (χ0n) is 17.6. The van der Waals surface area contributed by atoms with Crippen molar-refractivity contribution in [3.63, 3.8) is 0 Å². The molecule has 0 atom stereocenters. The van der Waals surface area contributed by atoms with Crippen LogP contribution < -0.4 is 5.32 Å². The third-order valence-electron chi connectivity index (χ3n) is 4.93. The molecule has 1 fully saturated rings. The van der Waals surface area contributed by atoms with E-state index in [1.54, 1.807) is 18.2 Å². The SMILES string of the molecule is CC(C)(C)c1ccc(C=CC(=O)Nc2ccc(S(=O)(=O)N3CCOCC3)cc2)cc1.